The van der Waals surface area contributed by atoms with Gasteiger partial charge in [0.25, 0.3) is 0 Å². The van der Waals surface area contributed by atoms with E-state index in [1.165, 1.54) is 23.5 Å². The van der Waals surface area contributed by atoms with Crippen molar-refractivity contribution in [3.8, 4) is 28.5 Å². The first kappa shape index (κ1) is 18.5. The average Bonchev–Trinajstić information content (AvgIpc) is 3.26. The SMILES string of the molecule is N#CC(=NNc1ccc(F)cc1)c1nc(-c2ccc(-c3ccccc3)cc2)cs1. The van der Waals surface area contributed by atoms with Crippen LogP contribution in [0.2, 0.25) is 0 Å². The van der Waals surface area contributed by atoms with Gasteiger partial charge < -0.3 is 0 Å². The standard InChI is InChI=1S/C23H15FN4S/c24-19-10-12-20(13-11-19)27-28-21(14-25)23-26-22(15-29-23)18-8-6-17(7-9-18)16-4-2-1-3-5-16/h1-13,15,27H. The van der Waals surface area contributed by atoms with Crippen LogP contribution in [-0.2, 0) is 0 Å². The molecule has 1 N–H and O–H groups in total. The molecule has 0 radical (unpaired) electrons. The number of hydrogen-bond donors (Lipinski definition) is 1. The van der Waals surface area contributed by atoms with E-state index in [4.69, 9.17) is 0 Å². The molecule has 0 fully saturated rings. The number of rotatable bonds is 5. The Balaban J connectivity index is 1.53. The van der Waals surface area contributed by atoms with Crippen molar-refractivity contribution in [2.45, 2.75) is 0 Å². The van der Waals surface area contributed by atoms with E-state index < -0.39 is 0 Å². The molecule has 3 aromatic carbocycles. The summed E-state index contributed by atoms with van der Waals surface area (Å²) in [5.74, 6) is -0.331. The van der Waals surface area contributed by atoms with Crippen LogP contribution in [-0.4, -0.2) is 10.7 Å². The van der Waals surface area contributed by atoms with Gasteiger partial charge in [-0.1, -0.05) is 54.6 Å². The summed E-state index contributed by atoms with van der Waals surface area (Å²) in [5.41, 5.74) is 7.57. The Morgan fingerprint density at radius 2 is 1.55 bits per heavy atom. The molecule has 0 bridgehead atoms. The topological polar surface area (TPSA) is 61.1 Å². The summed E-state index contributed by atoms with van der Waals surface area (Å²) in [6.45, 7) is 0. The Labute approximate surface area is 171 Å². The summed E-state index contributed by atoms with van der Waals surface area (Å²) in [6, 6.07) is 26.1. The number of nitrogens with zero attached hydrogens (tertiary/aromatic N) is 3. The van der Waals surface area contributed by atoms with Gasteiger partial charge in [-0.05, 0) is 35.4 Å². The zero-order chi connectivity index (χ0) is 20.1. The van der Waals surface area contributed by atoms with Crippen LogP contribution in [0.15, 0.2) is 89.3 Å². The van der Waals surface area contributed by atoms with Gasteiger partial charge >= 0.3 is 0 Å². The van der Waals surface area contributed by atoms with Gasteiger partial charge in [0.15, 0.2) is 10.7 Å². The number of hydrogen-bond acceptors (Lipinski definition) is 5. The zero-order valence-corrected chi connectivity index (χ0v) is 16.0. The highest BCUT2D eigenvalue weighted by Gasteiger charge is 2.11. The van der Waals surface area contributed by atoms with Gasteiger partial charge in [0, 0.05) is 10.9 Å². The van der Waals surface area contributed by atoms with E-state index in [9.17, 15) is 9.65 Å². The van der Waals surface area contributed by atoms with Crippen molar-refractivity contribution in [1.82, 2.24) is 4.98 Å². The molecule has 4 nitrogen and oxygen atoms in total. The third-order valence-electron chi connectivity index (χ3n) is 4.24. The quantitative estimate of drug-likeness (QED) is 0.333. The van der Waals surface area contributed by atoms with Gasteiger partial charge in [-0.15, -0.1) is 11.3 Å². The van der Waals surface area contributed by atoms with Gasteiger partial charge in [-0.25, -0.2) is 9.37 Å². The molecule has 1 aromatic heterocycles. The van der Waals surface area contributed by atoms with Crippen molar-refractivity contribution in [3.05, 3.63) is 95.1 Å². The lowest BCUT2D eigenvalue weighted by Crippen LogP contribution is -2.01. The molecule has 0 spiro atoms. The van der Waals surface area contributed by atoms with Crippen LogP contribution in [0.5, 0.6) is 0 Å². The van der Waals surface area contributed by atoms with E-state index in [1.807, 2.05) is 35.7 Å². The Morgan fingerprint density at radius 1 is 0.897 bits per heavy atom. The summed E-state index contributed by atoms with van der Waals surface area (Å²) >= 11 is 1.35. The van der Waals surface area contributed by atoms with Crippen molar-refractivity contribution < 1.29 is 4.39 Å². The van der Waals surface area contributed by atoms with Crippen LogP contribution in [0.1, 0.15) is 5.01 Å². The largest absolute Gasteiger partial charge is 0.277 e. The first-order valence-electron chi connectivity index (χ1n) is 8.84. The van der Waals surface area contributed by atoms with Crippen LogP contribution in [0, 0.1) is 17.1 Å². The van der Waals surface area contributed by atoms with Crippen molar-refractivity contribution in [2.75, 3.05) is 5.43 Å². The number of hydrazone groups is 1. The second-order valence-corrected chi connectivity index (χ2v) is 7.03. The highest BCUT2D eigenvalue weighted by Crippen LogP contribution is 2.26. The normalized spacial score (nSPS) is 11.1. The fraction of sp³-hybridized carbons (Fsp3) is 0. The summed E-state index contributed by atoms with van der Waals surface area (Å²) in [4.78, 5) is 4.55. The summed E-state index contributed by atoms with van der Waals surface area (Å²) in [7, 11) is 0. The Kier molecular flexibility index (Phi) is 5.41. The van der Waals surface area contributed by atoms with Crippen LogP contribution in [0.3, 0.4) is 0 Å². The van der Waals surface area contributed by atoms with E-state index in [0.29, 0.717) is 10.7 Å². The van der Waals surface area contributed by atoms with Crippen molar-refractivity contribution in [3.63, 3.8) is 0 Å². The average molecular weight is 398 g/mol. The predicted molar refractivity (Wildman–Crippen MR) is 115 cm³/mol. The highest BCUT2D eigenvalue weighted by molar-refractivity contribution is 7.12. The fourth-order valence-corrected chi connectivity index (χ4v) is 3.51. The van der Waals surface area contributed by atoms with Crippen LogP contribution < -0.4 is 5.43 Å². The van der Waals surface area contributed by atoms with Gasteiger partial charge in [-0.3, -0.25) is 5.43 Å². The molecule has 0 amide bonds. The molecule has 4 aromatic rings. The van der Waals surface area contributed by atoms with E-state index in [-0.39, 0.29) is 11.5 Å². The third kappa shape index (κ3) is 4.37. The lowest BCUT2D eigenvalue weighted by molar-refractivity contribution is 0.628. The summed E-state index contributed by atoms with van der Waals surface area (Å²) in [5, 5.41) is 16.0. The first-order valence-corrected chi connectivity index (χ1v) is 9.72. The number of nitrogens with one attached hydrogen (secondary N) is 1. The number of aromatic nitrogens is 1. The lowest BCUT2D eigenvalue weighted by atomic mass is 10.0. The molecule has 0 aliphatic rings. The molecule has 140 valence electrons. The van der Waals surface area contributed by atoms with E-state index in [0.717, 1.165) is 22.4 Å². The lowest BCUT2D eigenvalue weighted by Gasteiger charge is -2.03. The first-order chi connectivity index (χ1) is 14.2. The van der Waals surface area contributed by atoms with E-state index in [2.05, 4.69) is 45.8 Å². The molecule has 0 saturated heterocycles. The molecule has 0 aliphatic heterocycles. The Bertz CT molecular complexity index is 1170. The molecule has 0 saturated carbocycles. The summed E-state index contributed by atoms with van der Waals surface area (Å²) < 4.78 is 13.0. The maximum absolute atomic E-state index is 13.0. The van der Waals surface area contributed by atoms with Gasteiger partial charge in [0.2, 0.25) is 0 Å². The van der Waals surface area contributed by atoms with Gasteiger partial charge in [0.1, 0.15) is 11.9 Å². The second kappa shape index (κ2) is 8.46. The number of benzene rings is 3. The van der Waals surface area contributed by atoms with E-state index >= 15 is 0 Å². The number of halogens is 1. The van der Waals surface area contributed by atoms with Crippen molar-refractivity contribution >= 4 is 22.7 Å². The Hall–Kier alpha value is -3.82. The van der Waals surface area contributed by atoms with Gasteiger partial charge in [0.05, 0.1) is 11.4 Å². The summed E-state index contributed by atoms with van der Waals surface area (Å²) in [6.07, 6.45) is 0. The van der Waals surface area contributed by atoms with Gasteiger partial charge in [-0.2, -0.15) is 10.4 Å². The fourth-order valence-electron chi connectivity index (χ4n) is 2.74. The molecule has 0 unspecified atom stereocenters. The molecule has 6 heteroatoms. The minimum absolute atomic E-state index is 0.173. The monoisotopic (exact) mass is 398 g/mol. The molecule has 0 aliphatic carbocycles. The van der Waals surface area contributed by atoms with Crippen molar-refractivity contribution in [1.29, 1.82) is 5.26 Å². The predicted octanol–water partition coefficient (Wildman–Crippen LogP) is 5.96. The zero-order valence-electron chi connectivity index (χ0n) is 15.2. The van der Waals surface area contributed by atoms with Crippen LogP contribution in [0.4, 0.5) is 10.1 Å². The molecule has 29 heavy (non-hydrogen) atoms. The number of nitriles is 1. The molecular weight excluding hydrogens is 383 g/mol. The molecule has 4 rings (SSSR count). The minimum atomic E-state index is -0.331. The molecular formula is C23H15FN4S. The van der Waals surface area contributed by atoms with Crippen LogP contribution >= 0.6 is 11.3 Å². The smallest absolute Gasteiger partial charge is 0.196 e. The third-order valence-corrected chi connectivity index (χ3v) is 5.09. The van der Waals surface area contributed by atoms with Crippen molar-refractivity contribution in [2.24, 2.45) is 5.10 Å². The minimum Gasteiger partial charge on any atom is -0.277 e. The van der Waals surface area contributed by atoms with Crippen LogP contribution in [0.25, 0.3) is 22.4 Å². The Morgan fingerprint density at radius 3 is 2.24 bits per heavy atom. The maximum Gasteiger partial charge on any atom is 0.196 e. The molecule has 1 heterocycles. The van der Waals surface area contributed by atoms with E-state index in [1.54, 1.807) is 12.1 Å². The highest BCUT2D eigenvalue weighted by atomic mass is 32.1. The maximum atomic E-state index is 13.0. The number of anilines is 1. The number of thiazole rings is 1. The second-order valence-electron chi connectivity index (χ2n) is 6.17. The molecule has 0 atom stereocenters.